The molecule has 24 heavy (non-hydrogen) atoms. The molecule has 0 amide bonds. The number of hydrogen-bond donors (Lipinski definition) is 0. The number of rotatable bonds is 4. The third-order valence-electron chi connectivity index (χ3n) is 5.63. The molecular formula is C18H21N5O. The van der Waals surface area contributed by atoms with Crippen LogP contribution < -0.4 is 5.56 Å². The van der Waals surface area contributed by atoms with Crippen molar-refractivity contribution in [1.29, 1.82) is 0 Å². The van der Waals surface area contributed by atoms with Gasteiger partial charge >= 0.3 is 0 Å². The molecule has 6 nitrogen and oxygen atoms in total. The summed E-state index contributed by atoms with van der Waals surface area (Å²) < 4.78 is 3.76. The molecule has 0 N–H and O–H groups in total. The van der Waals surface area contributed by atoms with Crippen LogP contribution in [0, 0.1) is 12.8 Å². The fourth-order valence-electron chi connectivity index (χ4n) is 4.12. The van der Waals surface area contributed by atoms with Crippen LogP contribution in [-0.4, -0.2) is 24.1 Å². The van der Waals surface area contributed by atoms with Crippen molar-refractivity contribution in [3.05, 3.63) is 34.0 Å². The molecule has 2 fully saturated rings. The summed E-state index contributed by atoms with van der Waals surface area (Å²) >= 11 is 0. The van der Waals surface area contributed by atoms with Crippen LogP contribution in [0.4, 0.5) is 0 Å². The summed E-state index contributed by atoms with van der Waals surface area (Å²) in [6.45, 7) is 4.76. The zero-order valence-electron chi connectivity index (χ0n) is 14.1. The third kappa shape index (κ3) is 1.77. The van der Waals surface area contributed by atoms with Crippen molar-refractivity contribution in [2.75, 3.05) is 0 Å². The van der Waals surface area contributed by atoms with E-state index in [1.54, 1.807) is 4.57 Å². The van der Waals surface area contributed by atoms with Crippen LogP contribution in [0.25, 0.3) is 16.8 Å². The molecule has 0 spiro atoms. The molecule has 0 unspecified atom stereocenters. The van der Waals surface area contributed by atoms with E-state index in [4.69, 9.17) is 0 Å². The van der Waals surface area contributed by atoms with Gasteiger partial charge in [-0.3, -0.25) is 9.20 Å². The zero-order chi connectivity index (χ0) is 16.5. The molecule has 0 bridgehead atoms. The summed E-state index contributed by atoms with van der Waals surface area (Å²) in [5.41, 5.74) is 3.28. The predicted octanol–water partition coefficient (Wildman–Crippen LogP) is 2.60. The molecule has 2 saturated carbocycles. The lowest BCUT2D eigenvalue weighted by atomic mass is 10.00. The first-order valence-electron chi connectivity index (χ1n) is 8.90. The largest absolute Gasteiger partial charge is 0.302 e. The van der Waals surface area contributed by atoms with Crippen molar-refractivity contribution < 1.29 is 0 Å². The molecule has 0 saturated heterocycles. The Morgan fingerprint density at radius 3 is 2.71 bits per heavy atom. The van der Waals surface area contributed by atoms with E-state index in [1.165, 1.54) is 12.8 Å². The molecule has 3 aromatic heterocycles. The first-order valence-corrected chi connectivity index (χ1v) is 8.90. The maximum atomic E-state index is 13.0. The Kier molecular flexibility index (Phi) is 2.74. The maximum Gasteiger partial charge on any atom is 0.296 e. The Bertz CT molecular complexity index is 1020. The number of nitrogens with zero attached hydrogens (tertiary/aromatic N) is 5. The summed E-state index contributed by atoms with van der Waals surface area (Å²) in [7, 11) is 0. The second-order valence-corrected chi connectivity index (χ2v) is 7.43. The van der Waals surface area contributed by atoms with E-state index < -0.39 is 0 Å². The van der Waals surface area contributed by atoms with Gasteiger partial charge in [0, 0.05) is 18.2 Å². The Hall–Kier alpha value is -2.24. The highest BCUT2D eigenvalue weighted by Crippen LogP contribution is 2.61. The molecule has 3 heterocycles. The minimum Gasteiger partial charge on any atom is -0.302 e. The summed E-state index contributed by atoms with van der Waals surface area (Å²) in [5.74, 6) is 1.67. The van der Waals surface area contributed by atoms with Crippen LogP contribution in [0.15, 0.2) is 17.1 Å². The number of pyridine rings is 1. The van der Waals surface area contributed by atoms with Crippen molar-refractivity contribution in [3.8, 4) is 0 Å². The number of aryl methyl sites for hydroxylation is 2. The lowest BCUT2D eigenvalue weighted by Gasteiger charge is -2.15. The van der Waals surface area contributed by atoms with Crippen molar-refractivity contribution in [1.82, 2.24) is 24.1 Å². The Balaban J connectivity index is 1.90. The SMILES string of the molecule is CCCn1c(=O)c2nnc(C3(C4CC4)CC3)n2c2ncc(C)cc21. The third-order valence-corrected chi connectivity index (χ3v) is 5.63. The summed E-state index contributed by atoms with van der Waals surface area (Å²) in [6.07, 6.45) is 7.61. The molecule has 0 aliphatic heterocycles. The minimum atomic E-state index is -0.0536. The van der Waals surface area contributed by atoms with E-state index in [0.29, 0.717) is 18.1 Å². The monoisotopic (exact) mass is 323 g/mol. The number of aromatic nitrogens is 5. The highest BCUT2D eigenvalue weighted by molar-refractivity contribution is 5.75. The quantitative estimate of drug-likeness (QED) is 0.740. The number of fused-ring (bicyclic) bond motifs is 3. The van der Waals surface area contributed by atoms with Gasteiger partial charge < -0.3 is 4.57 Å². The number of hydrogen-bond acceptors (Lipinski definition) is 4. The van der Waals surface area contributed by atoms with Gasteiger partial charge in [0.15, 0.2) is 5.65 Å². The average Bonchev–Trinajstić information content (AvgIpc) is 3.48. The van der Waals surface area contributed by atoms with E-state index in [0.717, 1.165) is 41.8 Å². The second-order valence-electron chi connectivity index (χ2n) is 7.43. The summed E-state index contributed by atoms with van der Waals surface area (Å²) in [5, 5.41) is 8.77. The van der Waals surface area contributed by atoms with E-state index in [1.807, 2.05) is 17.5 Å². The fraction of sp³-hybridized carbons (Fsp3) is 0.556. The summed E-state index contributed by atoms with van der Waals surface area (Å²) in [6, 6.07) is 2.05. The summed E-state index contributed by atoms with van der Waals surface area (Å²) in [4.78, 5) is 17.7. The van der Waals surface area contributed by atoms with Gasteiger partial charge in [-0.2, -0.15) is 0 Å². The molecule has 2 aliphatic carbocycles. The molecule has 6 heteroatoms. The van der Waals surface area contributed by atoms with Crippen LogP contribution in [0.3, 0.4) is 0 Å². The van der Waals surface area contributed by atoms with Gasteiger partial charge in [-0.15, -0.1) is 10.2 Å². The molecule has 124 valence electrons. The van der Waals surface area contributed by atoms with Crippen LogP contribution in [0.5, 0.6) is 0 Å². The second kappa shape index (κ2) is 4.65. The van der Waals surface area contributed by atoms with E-state index >= 15 is 0 Å². The zero-order valence-corrected chi connectivity index (χ0v) is 14.1. The van der Waals surface area contributed by atoms with Crippen molar-refractivity contribution in [3.63, 3.8) is 0 Å². The van der Waals surface area contributed by atoms with E-state index in [-0.39, 0.29) is 11.0 Å². The maximum absolute atomic E-state index is 13.0. The van der Waals surface area contributed by atoms with Crippen LogP contribution in [-0.2, 0) is 12.0 Å². The first kappa shape index (κ1) is 14.1. The highest BCUT2D eigenvalue weighted by Gasteiger charge is 2.58. The van der Waals surface area contributed by atoms with Crippen LogP contribution >= 0.6 is 0 Å². The molecular weight excluding hydrogens is 302 g/mol. The molecule has 3 aromatic rings. The van der Waals surface area contributed by atoms with Gasteiger partial charge in [0.25, 0.3) is 5.56 Å². The van der Waals surface area contributed by atoms with Crippen molar-refractivity contribution in [2.24, 2.45) is 5.92 Å². The van der Waals surface area contributed by atoms with Gasteiger partial charge in [-0.05, 0) is 56.6 Å². The molecule has 0 atom stereocenters. The van der Waals surface area contributed by atoms with Crippen molar-refractivity contribution in [2.45, 2.75) is 57.9 Å². The van der Waals surface area contributed by atoms with Gasteiger partial charge in [-0.1, -0.05) is 6.92 Å². The molecule has 0 aromatic carbocycles. The van der Waals surface area contributed by atoms with Gasteiger partial charge in [0.2, 0.25) is 5.65 Å². The smallest absolute Gasteiger partial charge is 0.296 e. The Morgan fingerprint density at radius 2 is 2.04 bits per heavy atom. The molecule has 2 aliphatic rings. The standard InChI is InChI=1S/C18H21N5O/c1-3-8-22-13-9-11(2)10-19-14(13)23-15(16(22)24)20-21-17(23)18(6-7-18)12-4-5-12/h9-10,12H,3-8H2,1-2H3. The van der Waals surface area contributed by atoms with Gasteiger partial charge in [0.1, 0.15) is 5.82 Å². The lowest BCUT2D eigenvalue weighted by molar-refractivity contribution is 0.552. The minimum absolute atomic E-state index is 0.0536. The predicted molar refractivity (Wildman–Crippen MR) is 91.2 cm³/mol. The Morgan fingerprint density at radius 1 is 1.25 bits per heavy atom. The first-order chi connectivity index (χ1) is 11.7. The highest BCUT2D eigenvalue weighted by atomic mass is 16.1. The fourth-order valence-corrected chi connectivity index (χ4v) is 4.12. The van der Waals surface area contributed by atoms with E-state index in [9.17, 15) is 4.79 Å². The van der Waals surface area contributed by atoms with E-state index in [2.05, 4.69) is 28.2 Å². The van der Waals surface area contributed by atoms with Crippen LogP contribution in [0.1, 0.15) is 50.4 Å². The Labute approximate surface area is 139 Å². The lowest BCUT2D eigenvalue weighted by Crippen LogP contribution is -2.25. The normalized spacial score (nSPS) is 19.2. The van der Waals surface area contributed by atoms with Gasteiger partial charge in [-0.25, -0.2) is 4.98 Å². The molecule has 0 radical (unpaired) electrons. The average molecular weight is 323 g/mol. The van der Waals surface area contributed by atoms with Gasteiger partial charge in [0.05, 0.1) is 5.52 Å². The van der Waals surface area contributed by atoms with Crippen LogP contribution in [0.2, 0.25) is 0 Å². The van der Waals surface area contributed by atoms with Crippen molar-refractivity contribution >= 4 is 16.8 Å². The molecule has 5 rings (SSSR count). The topological polar surface area (TPSA) is 65.1 Å².